The van der Waals surface area contributed by atoms with Gasteiger partial charge in [-0.1, -0.05) is 43.1 Å². The van der Waals surface area contributed by atoms with Crippen molar-refractivity contribution in [2.45, 2.75) is 26.7 Å². The third-order valence-electron chi connectivity index (χ3n) is 3.24. The Bertz CT molecular complexity index is 563. The number of hydrogen-bond acceptors (Lipinski definition) is 3. The maximum absolute atomic E-state index is 14.0. The molecule has 0 spiro atoms. The standard InChI is InChI=1S/C14H16ClFN2O/c1-3-8(2)7-11-13(14(17)19-18-11)12-9(15)5-4-6-10(12)16/h4-6,8H,3,7,17H2,1-2H3. The van der Waals surface area contributed by atoms with Crippen LogP contribution in [0.5, 0.6) is 0 Å². The van der Waals surface area contributed by atoms with Crippen LogP contribution >= 0.6 is 11.6 Å². The van der Waals surface area contributed by atoms with Crippen LogP contribution in [0.3, 0.4) is 0 Å². The van der Waals surface area contributed by atoms with Crippen LogP contribution in [0.2, 0.25) is 5.02 Å². The first-order valence-electron chi connectivity index (χ1n) is 6.23. The molecule has 102 valence electrons. The highest BCUT2D eigenvalue weighted by Crippen LogP contribution is 2.37. The maximum Gasteiger partial charge on any atom is 0.230 e. The number of rotatable bonds is 4. The zero-order chi connectivity index (χ0) is 14.0. The first kappa shape index (κ1) is 13.9. The molecule has 1 aromatic heterocycles. The summed E-state index contributed by atoms with van der Waals surface area (Å²) >= 11 is 6.07. The normalized spacial score (nSPS) is 12.6. The summed E-state index contributed by atoms with van der Waals surface area (Å²) < 4.78 is 19.0. The summed E-state index contributed by atoms with van der Waals surface area (Å²) in [5.74, 6) is 0.0897. The van der Waals surface area contributed by atoms with Crippen LogP contribution in [0.15, 0.2) is 22.7 Å². The summed E-state index contributed by atoms with van der Waals surface area (Å²) in [4.78, 5) is 0. The predicted octanol–water partition coefficient (Wildman–Crippen LogP) is 4.30. The Kier molecular flexibility index (Phi) is 4.10. The second-order valence-corrected chi connectivity index (χ2v) is 5.09. The fourth-order valence-corrected chi connectivity index (χ4v) is 2.21. The highest BCUT2D eigenvalue weighted by atomic mass is 35.5. The molecule has 0 amide bonds. The summed E-state index contributed by atoms with van der Waals surface area (Å²) in [7, 11) is 0. The van der Waals surface area contributed by atoms with E-state index in [1.54, 1.807) is 12.1 Å². The van der Waals surface area contributed by atoms with E-state index in [0.717, 1.165) is 6.42 Å². The Morgan fingerprint density at radius 1 is 1.42 bits per heavy atom. The minimum absolute atomic E-state index is 0.102. The lowest BCUT2D eigenvalue weighted by molar-refractivity contribution is 0.418. The molecule has 1 aromatic carbocycles. The zero-order valence-electron chi connectivity index (χ0n) is 10.9. The number of hydrogen-bond donors (Lipinski definition) is 1. The fourth-order valence-electron chi connectivity index (χ4n) is 1.96. The van der Waals surface area contributed by atoms with E-state index in [1.807, 2.05) is 0 Å². The maximum atomic E-state index is 14.0. The Hall–Kier alpha value is -1.55. The van der Waals surface area contributed by atoms with Crippen molar-refractivity contribution in [3.63, 3.8) is 0 Å². The average molecular weight is 283 g/mol. The molecule has 0 aliphatic carbocycles. The second-order valence-electron chi connectivity index (χ2n) is 4.68. The molecule has 0 saturated heterocycles. The number of nitrogens with two attached hydrogens (primary N) is 1. The van der Waals surface area contributed by atoms with Gasteiger partial charge in [-0.15, -0.1) is 0 Å². The van der Waals surface area contributed by atoms with Crippen LogP contribution in [0.25, 0.3) is 11.1 Å². The van der Waals surface area contributed by atoms with E-state index < -0.39 is 5.82 Å². The van der Waals surface area contributed by atoms with Crippen molar-refractivity contribution in [3.05, 3.63) is 34.7 Å². The van der Waals surface area contributed by atoms with Crippen molar-refractivity contribution in [3.8, 4) is 11.1 Å². The number of nitrogen functional groups attached to an aromatic ring is 1. The molecule has 5 heteroatoms. The van der Waals surface area contributed by atoms with Crippen LogP contribution in [0.4, 0.5) is 10.3 Å². The van der Waals surface area contributed by atoms with Crippen molar-refractivity contribution in [1.82, 2.24) is 5.16 Å². The quantitative estimate of drug-likeness (QED) is 0.909. The molecule has 3 nitrogen and oxygen atoms in total. The Labute approximate surface area is 116 Å². The van der Waals surface area contributed by atoms with Gasteiger partial charge in [0.05, 0.1) is 16.3 Å². The topological polar surface area (TPSA) is 52.0 Å². The van der Waals surface area contributed by atoms with Crippen molar-refractivity contribution in [2.24, 2.45) is 5.92 Å². The molecule has 1 heterocycles. The molecule has 0 saturated carbocycles. The summed E-state index contributed by atoms with van der Waals surface area (Å²) in [6, 6.07) is 4.53. The first-order chi connectivity index (χ1) is 9.04. The van der Waals surface area contributed by atoms with Gasteiger partial charge in [0.1, 0.15) is 5.82 Å². The molecule has 2 N–H and O–H groups in total. The summed E-state index contributed by atoms with van der Waals surface area (Å²) in [6.07, 6.45) is 1.68. The minimum atomic E-state index is -0.423. The molecule has 2 aromatic rings. The molecular weight excluding hydrogens is 267 g/mol. The Morgan fingerprint density at radius 2 is 2.16 bits per heavy atom. The van der Waals surface area contributed by atoms with Crippen molar-refractivity contribution in [1.29, 1.82) is 0 Å². The first-order valence-corrected chi connectivity index (χ1v) is 6.60. The molecule has 0 bridgehead atoms. The second kappa shape index (κ2) is 5.61. The van der Waals surface area contributed by atoms with Crippen molar-refractivity contribution < 1.29 is 8.91 Å². The van der Waals surface area contributed by atoms with E-state index in [9.17, 15) is 4.39 Å². The van der Waals surface area contributed by atoms with Gasteiger partial charge in [0.25, 0.3) is 0 Å². The number of benzene rings is 1. The van der Waals surface area contributed by atoms with Crippen LogP contribution < -0.4 is 5.73 Å². The van der Waals surface area contributed by atoms with Gasteiger partial charge in [0, 0.05) is 5.56 Å². The Balaban J connectivity index is 2.53. The van der Waals surface area contributed by atoms with Crippen LogP contribution in [0.1, 0.15) is 26.0 Å². The lowest BCUT2D eigenvalue weighted by atomic mass is 9.97. The van der Waals surface area contributed by atoms with Crippen molar-refractivity contribution in [2.75, 3.05) is 5.73 Å². The number of nitrogens with zero attached hydrogens (tertiary/aromatic N) is 1. The zero-order valence-corrected chi connectivity index (χ0v) is 11.7. The van der Waals surface area contributed by atoms with E-state index in [-0.39, 0.29) is 11.4 Å². The highest BCUT2D eigenvalue weighted by molar-refractivity contribution is 6.33. The molecule has 1 atom stereocenters. The summed E-state index contributed by atoms with van der Waals surface area (Å²) in [5.41, 5.74) is 7.17. The SMILES string of the molecule is CCC(C)Cc1noc(N)c1-c1c(F)cccc1Cl. The average Bonchev–Trinajstić information content (AvgIpc) is 2.71. The van der Waals surface area contributed by atoms with Gasteiger partial charge in [-0.05, 0) is 24.5 Å². The van der Waals surface area contributed by atoms with Gasteiger partial charge in [0.15, 0.2) is 0 Å². The molecule has 0 radical (unpaired) electrons. The number of halogens is 2. The monoisotopic (exact) mass is 282 g/mol. The lowest BCUT2D eigenvalue weighted by Gasteiger charge is -2.09. The molecule has 2 rings (SSSR count). The van der Waals surface area contributed by atoms with Crippen LogP contribution in [0, 0.1) is 11.7 Å². The molecule has 0 aliphatic heterocycles. The third-order valence-corrected chi connectivity index (χ3v) is 3.56. The van der Waals surface area contributed by atoms with Crippen LogP contribution in [-0.2, 0) is 6.42 Å². The van der Waals surface area contributed by atoms with Gasteiger partial charge >= 0.3 is 0 Å². The highest BCUT2D eigenvalue weighted by Gasteiger charge is 2.22. The van der Waals surface area contributed by atoms with Crippen LogP contribution in [-0.4, -0.2) is 5.16 Å². The van der Waals surface area contributed by atoms with Crippen molar-refractivity contribution >= 4 is 17.5 Å². The van der Waals surface area contributed by atoms with E-state index in [2.05, 4.69) is 19.0 Å². The largest absolute Gasteiger partial charge is 0.367 e. The number of anilines is 1. The molecular formula is C14H16ClFN2O. The predicted molar refractivity (Wildman–Crippen MR) is 74.5 cm³/mol. The van der Waals surface area contributed by atoms with Gasteiger partial charge < -0.3 is 10.3 Å². The summed E-state index contributed by atoms with van der Waals surface area (Å²) in [5, 5.41) is 4.24. The fraction of sp³-hybridized carbons (Fsp3) is 0.357. The van der Waals surface area contributed by atoms with E-state index in [1.165, 1.54) is 6.07 Å². The molecule has 0 aliphatic rings. The summed E-state index contributed by atoms with van der Waals surface area (Å²) in [6.45, 7) is 4.18. The third kappa shape index (κ3) is 2.73. The molecule has 0 fully saturated rings. The number of aromatic nitrogens is 1. The molecule has 1 unspecified atom stereocenters. The van der Waals surface area contributed by atoms with Gasteiger partial charge in [0.2, 0.25) is 5.88 Å². The van der Waals surface area contributed by atoms with Gasteiger partial charge in [-0.25, -0.2) is 4.39 Å². The van der Waals surface area contributed by atoms with E-state index in [0.29, 0.717) is 28.6 Å². The molecule has 19 heavy (non-hydrogen) atoms. The van der Waals surface area contributed by atoms with Gasteiger partial charge in [-0.3, -0.25) is 0 Å². The minimum Gasteiger partial charge on any atom is -0.367 e. The van der Waals surface area contributed by atoms with E-state index >= 15 is 0 Å². The Morgan fingerprint density at radius 3 is 2.79 bits per heavy atom. The van der Waals surface area contributed by atoms with Gasteiger partial charge in [-0.2, -0.15) is 0 Å². The smallest absolute Gasteiger partial charge is 0.230 e. The van der Waals surface area contributed by atoms with E-state index in [4.69, 9.17) is 21.9 Å². The lowest BCUT2D eigenvalue weighted by Crippen LogP contribution is -2.01.